The summed E-state index contributed by atoms with van der Waals surface area (Å²) in [5.41, 5.74) is 1.90. The van der Waals surface area contributed by atoms with Gasteiger partial charge in [-0.1, -0.05) is 11.6 Å². The van der Waals surface area contributed by atoms with E-state index in [2.05, 4.69) is 0 Å². The normalized spacial score (nSPS) is 9.62. The SMILES string of the molecule is Cc1ccc2c(ccc[n+]2[O-])c1.Cl. The molecule has 0 atom stereocenters. The number of pyridine rings is 1. The summed E-state index contributed by atoms with van der Waals surface area (Å²) in [6.07, 6.45) is 1.51. The zero-order chi connectivity index (χ0) is 8.55. The molecule has 0 amide bonds. The Hall–Kier alpha value is -1.28. The van der Waals surface area contributed by atoms with E-state index in [-0.39, 0.29) is 12.4 Å². The van der Waals surface area contributed by atoms with E-state index in [0.717, 1.165) is 15.6 Å². The van der Waals surface area contributed by atoms with Gasteiger partial charge < -0.3 is 5.21 Å². The van der Waals surface area contributed by atoms with Crippen molar-refractivity contribution in [2.45, 2.75) is 6.92 Å². The van der Waals surface area contributed by atoms with Gasteiger partial charge in [-0.2, -0.15) is 4.73 Å². The molecule has 2 aromatic rings. The Bertz CT molecular complexity index is 428. The van der Waals surface area contributed by atoms with Gasteiger partial charge >= 0.3 is 0 Å². The molecule has 1 aromatic carbocycles. The van der Waals surface area contributed by atoms with Gasteiger partial charge in [0.05, 0.1) is 0 Å². The molecule has 0 fully saturated rings. The van der Waals surface area contributed by atoms with Gasteiger partial charge in [0.25, 0.3) is 0 Å². The number of benzene rings is 1. The number of nitrogens with zero attached hydrogens (tertiary/aromatic N) is 1. The molecule has 2 nitrogen and oxygen atoms in total. The lowest BCUT2D eigenvalue weighted by molar-refractivity contribution is -0.577. The molecule has 1 heterocycles. The van der Waals surface area contributed by atoms with E-state index >= 15 is 0 Å². The van der Waals surface area contributed by atoms with Crippen LogP contribution in [0.1, 0.15) is 5.56 Å². The minimum atomic E-state index is 0. The summed E-state index contributed by atoms with van der Waals surface area (Å²) in [6.45, 7) is 2.02. The third kappa shape index (κ3) is 1.73. The number of rotatable bonds is 0. The Morgan fingerprint density at radius 2 is 2.00 bits per heavy atom. The van der Waals surface area contributed by atoms with Crippen LogP contribution in [0.2, 0.25) is 0 Å². The fourth-order valence-corrected chi connectivity index (χ4v) is 1.31. The van der Waals surface area contributed by atoms with Crippen LogP contribution in [0.3, 0.4) is 0 Å². The highest BCUT2D eigenvalue weighted by Crippen LogP contribution is 2.10. The summed E-state index contributed by atoms with van der Waals surface area (Å²) in [5, 5.41) is 12.2. The lowest BCUT2D eigenvalue weighted by atomic mass is 10.1. The third-order valence-corrected chi connectivity index (χ3v) is 1.92. The van der Waals surface area contributed by atoms with Crippen molar-refractivity contribution in [3.8, 4) is 0 Å². The second-order valence-corrected chi connectivity index (χ2v) is 2.90. The Morgan fingerprint density at radius 3 is 2.77 bits per heavy atom. The van der Waals surface area contributed by atoms with E-state index in [1.807, 2.05) is 31.2 Å². The lowest BCUT2D eigenvalue weighted by Gasteiger charge is -2.00. The van der Waals surface area contributed by atoms with E-state index in [1.54, 1.807) is 6.07 Å². The molecule has 0 aliphatic carbocycles. The first-order valence-electron chi connectivity index (χ1n) is 3.86. The fraction of sp³-hybridized carbons (Fsp3) is 0.100. The molecule has 0 spiro atoms. The zero-order valence-corrected chi connectivity index (χ0v) is 8.04. The monoisotopic (exact) mass is 195 g/mol. The van der Waals surface area contributed by atoms with Gasteiger partial charge in [-0.05, 0) is 19.1 Å². The maximum atomic E-state index is 11.2. The minimum absolute atomic E-state index is 0. The highest BCUT2D eigenvalue weighted by atomic mass is 35.5. The van der Waals surface area contributed by atoms with Gasteiger partial charge in [0, 0.05) is 17.5 Å². The van der Waals surface area contributed by atoms with Gasteiger partial charge in [0.2, 0.25) is 5.52 Å². The average Bonchev–Trinajstić information content (AvgIpc) is 2.04. The van der Waals surface area contributed by atoms with Crippen molar-refractivity contribution in [1.82, 2.24) is 0 Å². The molecule has 0 aliphatic rings. The quantitative estimate of drug-likeness (QED) is 0.468. The standard InChI is InChI=1S/C10H9NO.ClH/c1-8-4-5-10-9(7-8)3-2-6-11(10)12;/h2-7H,1H3;1H. The fourth-order valence-electron chi connectivity index (χ4n) is 1.31. The Morgan fingerprint density at radius 1 is 1.23 bits per heavy atom. The van der Waals surface area contributed by atoms with Crippen LogP contribution in [0.25, 0.3) is 10.9 Å². The van der Waals surface area contributed by atoms with E-state index < -0.39 is 0 Å². The largest absolute Gasteiger partial charge is 0.618 e. The van der Waals surface area contributed by atoms with Crippen LogP contribution in [0.15, 0.2) is 36.5 Å². The first-order valence-corrected chi connectivity index (χ1v) is 3.86. The average molecular weight is 196 g/mol. The number of aromatic nitrogens is 1. The van der Waals surface area contributed by atoms with Crippen molar-refractivity contribution < 1.29 is 4.73 Å². The van der Waals surface area contributed by atoms with Crippen molar-refractivity contribution in [2.75, 3.05) is 0 Å². The van der Waals surface area contributed by atoms with Crippen molar-refractivity contribution in [3.05, 3.63) is 47.3 Å². The van der Waals surface area contributed by atoms with Gasteiger partial charge in [0.15, 0.2) is 6.20 Å². The van der Waals surface area contributed by atoms with Crippen LogP contribution in [0.5, 0.6) is 0 Å². The summed E-state index contributed by atoms with van der Waals surface area (Å²) in [7, 11) is 0. The van der Waals surface area contributed by atoms with Crippen molar-refractivity contribution >= 4 is 23.3 Å². The molecule has 2 rings (SSSR count). The summed E-state index contributed by atoms with van der Waals surface area (Å²) < 4.78 is 0.884. The molecule has 0 N–H and O–H groups in total. The van der Waals surface area contributed by atoms with Crippen LogP contribution < -0.4 is 4.73 Å². The first-order chi connectivity index (χ1) is 5.77. The molecular formula is C10H10ClNO. The maximum Gasteiger partial charge on any atom is 0.223 e. The molecule has 13 heavy (non-hydrogen) atoms. The Kier molecular flexibility index (Phi) is 2.73. The zero-order valence-electron chi connectivity index (χ0n) is 7.23. The molecule has 0 radical (unpaired) electrons. The third-order valence-electron chi connectivity index (χ3n) is 1.92. The predicted molar refractivity (Wildman–Crippen MR) is 54.9 cm³/mol. The molecule has 68 valence electrons. The van der Waals surface area contributed by atoms with Gasteiger partial charge in [-0.3, -0.25) is 0 Å². The van der Waals surface area contributed by atoms with Gasteiger partial charge in [-0.25, -0.2) is 0 Å². The van der Waals surface area contributed by atoms with Crippen LogP contribution in [0, 0.1) is 12.1 Å². The summed E-state index contributed by atoms with van der Waals surface area (Å²) in [6, 6.07) is 9.49. The molecule has 0 aliphatic heterocycles. The van der Waals surface area contributed by atoms with E-state index in [4.69, 9.17) is 0 Å². The number of fused-ring (bicyclic) bond motifs is 1. The maximum absolute atomic E-state index is 11.2. The van der Waals surface area contributed by atoms with Crippen LogP contribution in [0.4, 0.5) is 0 Å². The van der Waals surface area contributed by atoms with Gasteiger partial charge in [-0.15, -0.1) is 12.4 Å². The van der Waals surface area contributed by atoms with E-state index in [1.165, 1.54) is 11.8 Å². The topological polar surface area (TPSA) is 26.9 Å². The second-order valence-electron chi connectivity index (χ2n) is 2.90. The van der Waals surface area contributed by atoms with Crippen molar-refractivity contribution in [2.24, 2.45) is 0 Å². The minimum Gasteiger partial charge on any atom is -0.618 e. The number of aryl methyl sites for hydroxylation is 1. The molecule has 0 unspecified atom stereocenters. The van der Waals surface area contributed by atoms with E-state index in [9.17, 15) is 5.21 Å². The molecule has 0 saturated carbocycles. The number of hydrogen-bond acceptors (Lipinski definition) is 1. The summed E-state index contributed by atoms with van der Waals surface area (Å²) in [5.74, 6) is 0. The smallest absolute Gasteiger partial charge is 0.223 e. The van der Waals surface area contributed by atoms with Crippen molar-refractivity contribution in [1.29, 1.82) is 0 Å². The second kappa shape index (κ2) is 3.62. The number of hydrogen-bond donors (Lipinski definition) is 0. The molecule has 0 saturated heterocycles. The first kappa shape index (κ1) is 9.81. The Labute approximate surface area is 82.8 Å². The van der Waals surface area contributed by atoms with Crippen molar-refractivity contribution in [3.63, 3.8) is 0 Å². The van der Waals surface area contributed by atoms with Crippen LogP contribution >= 0.6 is 12.4 Å². The molecule has 0 bridgehead atoms. The van der Waals surface area contributed by atoms with Crippen LogP contribution in [-0.2, 0) is 0 Å². The summed E-state index contributed by atoms with van der Waals surface area (Å²) >= 11 is 0. The van der Waals surface area contributed by atoms with Gasteiger partial charge in [0.1, 0.15) is 0 Å². The number of halogens is 1. The molecule has 3 heteroatoms. The summed E-state index contributed by atoms with van der Waals surface area (Å²) in [4.78, 5) is 0. The predicted octanol–water partition coefficient (Wildman–Crippen LogP) is 2.20. The highest BCUT2D eigenvalue weighted by molar-refractivity contribution is 5.85. The highest BCUT2D eigenvalue weighted by Gasteiger charge is 2.00. The van der Waals surface area contributed by atoms with E-state index in [0.29, 0.717) is 0 Å². The van der Waals surface area contributed by atoms with Crippen LogP contribution in [-0.4, -0.2) is 0 Å². The Balaban J connectivity index is 0.000000845. The lowest BCUT2D eigenvalue weighted by Crippen LogP contribution is -2.25. The molecule has 1 aromatic heterocycles. The molecular weight excluding hydrogens is 186 g/mol.